The molecule has 0 radical (unpaired) electrons. The van der Waals surface area contributed by atoms with Crippen LogP contribution >= 0.6 is 0 Å². The number of benzene rings is 1. The average Bonchev–Trinajstić information content (AvgIpc) is 2.43. The summed E-state index contributed by atoms with van der Waals surface area (Å²) in [6, 6.07) is 2.59. The third-order valence-electron chi connectivity index (χ3n) is 3.29. The maximum Gasteiger partial charge on any atom is 0.314 e. The minimum atomic E-state index is -1.02. The van der Waals surface area contributed by atoms with Gasteiger partial charge < -0.3 is 16.0 Å². The van der Waals surface area contributed by atoms with Gasteiger partial charge in [0.25, 0.3) is 0 Å². The zero-order valence-electron chi connectivity index (χ0n) is 10.7. The fourth-order valence-electron chi connectivity index (χ4n) is 2.21. The number of rotatable bonds is 2. The lowest BCUT2D eigenvalue weighted by Gasteiger charge is -2.30. The van der Waals surface area contributed by atoms with Crippen molar-refractivity contribution >= 4 is 17.6 Å². The predicted octanol–water partition coefficient (Wildman–Crippen LogP) is 1.69. The van der Waals surface area contributed by atoms with Gasteiger partial charge in [-0.15, -0.1) is 0 Å². The Labute approximate surface area is 114 Å². The fraction of sp³-hybridized carbons (Fsp3) is 0.385. The number of likely N-dealkylation sites (tertiary alicyclic amines) is 1. The number of halogens is 2. The molecule has 1 heterocycles. The molecule has 1 saturated heterocycles. The molecule has 1 atom stereocenters. The molecule has 0 bridgehead atoms. The van der Waals surface area contributed by atoms with E-state index in [4.69, 9.17) is 5.73 Å². The van der Waals surface area contributed by atoms with E-state index in [2.05, 4.69) is 5.32 Å². The number of nitrogens with zero attached hydrogens (tertiary/aromatic N) is 1. The molecule has 1 aromatic carbocycles. The summed E-state index contributed by atoms with van der Waals surface area (Å²) in [5.74, 6) is -2.72. The molecule has 0 spiro atoms. The van der Waals surface area contributed by atoms with Crippen molar-refractivity contribution in [2.45, 2.75) is 12.8 Å². The van der Waals surface area contributed by atoms with E-state index < -0.39 is 23.6 Å². The van der Waals surface area contributed by atoms with Gasteiger partial charge >= 0.3 is 6.03 Å². The van der Waals surface area contributed by atoms with E-state index in [0.29, 0.717) is 19.4 Å². The van der Waals surface area contributed by atoms with Crippen LogP contribution in [-0.4, -0.2) is 29.9 Å². The zero-order chi connectivity index (χ0) is 14.7. The van der Waals surface area contributed by atoms with Crippen LogP contribution in [0.1, 0.15) is 12.8 Å². The number of hydrogen-bond donors (Lipinski definition) is 2. The Kier molecular flexibility index (Phi) is 4.16. The van der Waals surface area contributed by atoms with E-state index >= 15 is 0 Å². The predicted molar refractivity (Wildman–Crippen MR) is 68.9 cm³/mol. The van der Waals surface area contributed by atoms with Crippen LogP contribution in [0.5, 0.6) is 0 Å². The number of urea groups is 1. The highest BCUT2D eigenvalue weighted by molar-refractivity contribution is 5.93. The highest BCUT2D eigenvalue weighted by Crippen LogP contribution is 2.19. The van der Waals surface area contributed by atoms with Crippen molar-refractivity contribution in [3.63, 3.8) is 0 Å². The van der Waals surface area contributed by atoms with E-state index in [9.17, 15) is 18.4 Å². The van der Waals surface area contributed by atoms with Crippen molar-refractivity contribution in [3.05, 3.63) is 29.8 Å². The second-order valence-corrected chi connectivity index (χ2v) is 4.74. The Balaban J connectivity index is 2.00. The first-order valence-electron chi connectivity index (χ1n) is 6.27. The van der Waals surface area contributed by atoms with Crippen LogP contribution < -0.4 is 11.1 Å². The van der Waals surface area contributed by atoms with Crippen LogP contribution in [0.4, 0.5) is 19.3 Å². The second kappa shape index (κ2) is 5.85. The van der Waals surface area contributed by atoms with Crippen LogP contribution in [0, 0.1) is 17.6 Å². The third-order valence-corrected chi connectivity index (χ3v) is 3.29. The summed E-state index contributed by atoms with van der Waals surface area (Å²) in [4.78, 5) is 24.5. The van der Waals surface area contributed by atoms with Crippen LogP contribution in [0.25, 0.3) is 0 Å². The minimum Gasteiger partial charge on any atom is -0.351 e. The number of nitrogens with one attached hydrogen (secondary N) is 1. The van der Waals surface area contributed by atoms with Crippen molar-refractivity contribution in [2.24, 2.45) is 11.7 Å². The molecule has 1 aliphatic rings. The molecule has 3 N–H and O–H groups in total. The fourth-order valence-corrected chi connectivity index (χ4v) is 2.21. The summed E-state index contributed by atoms with van der Waals surface area (Å²) in [5.41, 5.74) is 5.37. The summed E-state index contributed by atoms with van der Waals surface area (Å²) in [7, 11) is 0. The first kappa shape index (κ1) is 14.2. The number of carbonyl (C=O) groups excluding carboxylic acids is 2. The second-order valence-electron chi connectivity index (χ2n) is 4.74. The van der Waals surface area contributed by atoms with Gasteiger partial charge in [0.2, 0.25) is 5.91 Å². The number of amides is 3. The number of hydrogen-bond acceptors (Lipinski definition) is 2. The molecule has 5 nitrogen and oxygen atoms in total. The Morgan fingerprint density at radius 1 is 1.30 bits per heavy atom. The molecule has 0 aromatic heterocycles. The third kappa shape index (κ3) is 3.23. The molecule has 7 heteroatoms. The molecular formula is C13H15F2N3O2. The lowest BCUT2D eigenvalue weighted by Crippen LogP contribution is -2.46. The van der Waals surface area contributed by atoms with Crippen molar-refractivity contribution < 1.29 is 18.4 Å². The molecule has 20 heavy (non-hydrogen) atoms. The van der Waals surface area contributed by atoms with Gasteiger partial charge in [-0.25, -0.2) is 13.6 Å². The summed E-state index contributed by atoms with van der Waals surface area (Å²) in [6.45, 7) is 0.773. The molecule has 2 rings (SSSR count). The van der Waals surface area contributed by atoms with E-state index in [0.717, 1.165) is 12.1 Å². The summed E-state index contributed by atoms with van der Waals surface area (Å²) < 4.78 is 25.8. The van der Waals surface area contributed by atoms with Crippen LogP contribution in [0.15, 0.2) is 18.2 Å². The van der Waals surface area contributed by atoms with E-state index in [1.54, 1.807) is 0 Å². The van der Waals surface area contributed by atoms with Gasteiger partial charge in [0.05, 0.1) is 5.92 Å². The molecule has 0 aliphatic carbocycles. The zero-order valence-corrected chi connectivity index (χ0v) is 10.7. The molecule has 1 aromatic rings. The van der Waals surface area contributed by atoms with E-state index in [-0.39, 0.29) is 18.1 Å². The van der Waals surface area contributed by atoms with Gasteiger partial charge in [-0.2, -0.15) is 0 Å². The number of piperidine rings is 1. The quantitative estimate of drug-likeness (QED) is 0.866. The number of nitrogens with two attached hydrogens (primary N) is 1. The Morgan fingerprint density at radius 2 is 2.05 bits per heavy atom. The number of anilines is 1. The molecule has 3 amide bonds. The molecule has 1 aliphatic heterocycles. The van der Waals surface area contributed by atoms with Gasteiger partial charge in [0, 0.05) is 24.8 Å². The maximum absolute atomic E-state index is 13.0. The summed E-state index contributed by atoms with van der Waals surface area (Å²) in [6.07, 6.45) is 1.30. The van der Waals surface area contributed by atoms with Gasteiger partial charge in [-0.1, -0.05) is 0 Å². The maximum atomic E-state index is 13.0. The van der Waals surface area contributed by atoms with Crippen molar-refractivity contribution in [1.29, 1.82) is 0 Å². The number of primary amides is 1. The molecule has 0 unspecified atom stereocenters. The normalized spacial score (nSPS) is 18.7. The standard InChI is InChI=1S/C13H15F2N3O2/c14-10-4-3-9(6-11(10)15)17-12(19)8-2-1-5-18(7-8)13(16)20/h3-4,6,8H,1-2,5,7H2,(H2,16,20)(H,17,19)/t8-/m0/s1. The lowest BCUT2D eigenvalue weighted by molar-refractivity contribution is -0.121. The van der Waals surface area contributed by atoms with Crippen LogP contribution in [0.3, 0.4) is 0 Å². The first-order valence-corrected chi connectivity index (χ1v) is 6.27. The van der Waals surface area contributed by atoms with Crippen molar-refractivity contribution in [3.8, 4) is 0 Å². The van der Waals surface area contributed by atoms with Crippen LogP contribution in [0.2, 0.25) is 0 Å². The van der Waals surface area contributed by atoms with Crippen LogP contribution in [-0.2, 0) is 4.79 Å². The first-order chi connectivity index (χ1) is 9.47. The minimum absolute atomic E-state index is 0.185. The van der Waals surface area contributed by atoms with E-state index in [1.165, 1.54) is 11.0 Å². The van der Waals surface area contributed by atoms with Gasteiger partial charge in [-0.05, 0) is 25.0 Å². The SMILES string of the molecule is NC(=O)N1CCC[C@H](C(=O)Nc2ccc(F)c(F)c2)C1. The van der Waals surface area contributed by atoms with Crippen molar-refractivity contribution in [2.75, 3.05) is 18.4 Å². The molecule has 108 valence electrons. The van der Waals surface area contributed by atoms with Gasteiger partial charge in [0.15, 0.2) is 11.6 Å². The monoisotopic (exact) mass is 283 g/mol. The topological polar surface area (TPSA) is 75.4 Å². The average molecular weight is 283 g/mol. The molecule has 1 fully saturated rings. The molecular weight excluding hydrogens is 268 g/mol. The van der Waals surface area contributed by atoms with Crippen molar-refractivity contribution in [1.82, 2.24) is 4.90 Å². The summed E-state index contributed by atoms with van der Waals surface area (Å²) >= 11 is 0. The Morgan fingerprint density at radius 3 is 2.70 bits per heavy atom. The summed E-state index contributed by atoms with van der Waals surface area (Å²) in [5, 5.41) is 2.51. The highest BCUT2D eigenvalue weighted by Gasteiger charge is 2.27. The Hall–Kier alpha value is -2.18. The van der Waals surface area contributed by atoms with E-state index in [1.807, 2.05) is 0 Å². The largest absolute Gasteiger partial charge is 0.351 e. The number of carbonyl (C=O) groups is 2. The highest BCUT2D eigenvalue weighted by atomic mass is 19.2. The molecule has 0 saturated carbocycles. The smallest absolute Gasteiger partial charge is 0.314 e. The van der Waals surface area contributed by atoms with Gasteiger partial charge in [-0.3, -0.25) is 4.79 Å². The Bertz CT molecular complexity index is 536. The lowest BCUT2D eigenvalue weighted by atomic mass is 9.97. The van der Waals surface area contributed by atoms with Gasteiger partial charge in [0.1, 0.15) is 0 Å².